The fourth-order valence-electron chi connectivity index (χ4n) is 5.90. The fourth-order valence-corrected chi connectivity index (χ4v) is 7.72. The Kier molecular flexibility index (Phi) is 9.18. The minimum absolute atomic E-state index is 0.0534. The van der Waals surface area contributed by atoms with Gasteiger partial charge in [-0.2, -0.15) is 4.72 Å². The van der Waals surface area contributed by atoms with Crippen LogP contribution in [0, 0.1) is 11.7 Å². The van der Waals surface area contributed by atoms with Gasteiger partial charge in [-0.15, -0.1) is 0 Å². The molecule has 0 saturated heterocycles. The van der Waals surface area contributed by atoms with E-state index in [9.17, 15) is 13.5 Å². The van der Waals surface area contributed by atoms with Crippen molar-refractivity contribution in [1.82, 2.24) is 24.9 Å². The third kappa shape index (κ3) is 6.39. The van der Waals surface area contributed by atoms with Gasteiger partial charge in [0.2, 0.25) is 16.0 Å². The number of hydrogen-bond donors (Lipinski definition) is 4. The number of nitrogens with one attached hydrogen (secondary N) is 3. The zero-order chi connectivity index (χ0) is 31.8. The van der Waals surface area contributed by atoms with Gasteiger partial charge in [0.15, 0.2) is 11.5 Å². The number of aromatic nitrogens is 2. The van der Waals surface area contributed by atoms with E-state index < -0.39 is 33.2 Å². The molecule has 0 amide bonds. The maximum Gasteiger partial charge on any atom is 0.244 e. The SMILES string of the molecule is CCc1c(F)c(C2=C(O)NC(C)(NS(=O)(=O)c3ccccc3Cl)C(F)=C2)cc2cnc(NCC3CCC(N(C)C)CC3)nc12. The molecule has 1 fully saturated rings. The minimum atomic E-state index is -4.31. The van der Waals surface area contributed by atoms with Crippen molar-refractivity contribution in [3.05, 3.63) is 76.3 Å². The number of aliphatic hydroxyl groups is 1. The highest BCUT2D eigenvalue weighted by Crippen LogP contribution is 2.36. The number of hydrogen-bond acceptors (Lipinski definition) is 8. The zero-order valence-corrected chi connectivity index (χ0v) is 26.7. The van der Waals surface area contributed by atoms with Gasteiger partial charge in [-0.1, -0.05) is 30.7 Å². The van der Waals surface area contributed by atoms with Crippen LogP contribution in [0.4, 0.5) is 14.7 Å². The van der Waals surface area contributed by atoms with E-state index in [4.69, 9.17) is 11.6 Å². The summed E-state index contributed by atoms with van der Waals surface area (Å²) in [4.78, 5) is 11.1. The average molecular weight is 647 g/mol. The maximum atomic E-state index is 16.0. The first kappa shape index (κ1) is 32.1. The van der Waals surface area contributed by atoms with Crippen molar-refractivity contribution < 1.29 is 22.3 Å². The highest BCUT2D eigenvalue weighted by molar-refractivity contribution is 7.89. The number of anilines is 1. The fraction of sp³-hybridized carbons (Fsp3) is 0.419. The molecule has 0 radical (unpaired) electrons. The van der Waals surface area contributed by atoms with Crippen molar-refractivity contribution >= 4 is 44.0 Å². The molecule has 1 aliphatic heterocycles. The van der Waals surface area contributed by atoms with Crippen LogP contribution < -0.4 is 15.4 Å². The second-order valence-electron chi connectivity index (χ2n) is 11.8. The largest absolute Gasteiger partial charge is 0.494 e. The number of benzene rings is 2. The van der Waals surface area contributed by atoms with Crippen molar-refractivity contribution in [1.29, 1.82) is 0 Å². The number of dihydropyridines is 1. The van der Waals surface area contributed by atoms with Gasteiger partial charge in [0.05, 0.1) is 10.5 Å². The lowest BCUT2D eigenvalue weighted by molar-refractivity contribution is 0.198. The molecule has 2 heterocycles. The summed E-state index contributed by atoms with van der Waals surface area (Å²) in [5.74, 6) is -1.36. The van der Waals surface area contributed by atoms with Gasteiger partial charge >= 0.3 is 0 Å². The number of nitrogens with zero attached hydrogens (tertiary/aromatic N) is 3. The van der Waals surface area contributed by atoms with Crippen molar-refractivity contribution in [3.8, 4) is 0 Å². The molecule has 2 aromatic carbocycles. The van der Waals surface area contributed by atoms with Crippen LogP contribution in [0.25, 0.3) is 16.5 Å². The van der Waals surface area contributed by atoms with E-state index in [1.54, 1.807) is 19.2 Å². The van der Waals surface area contributed by atoms with E-state index in [2.05, 4.69) is 44.3 Å². The topological polar surface area (TPSA) is 119 Å². The molecule has 13 heteroatoms. The summed E-state index contributed by atoms with van der Waals surface area (Å²) in [6, 6.07) is 7.76. The molecule has 1 aliphatic carbocycles. The first-order chi connectivity index (χ1) is 20.8. The van der Waals surface area contributed by atoms with Crippen LogP contribution in [0.1, 0.15) is 50.7 Å². The Morgan fingerprint density at radius 2 is 1.89 bits per heavy atom. The molecule has 5 rings (SSSR count). The Morgan fingerprint density at radius 1 is 1.18 bits per heavy atom. The van der Waals surface area contributed by atoms with Gasteiger partial charge in [0, 0.05) is 40.9 Å². The molecule has 4 N–H and O–H groups in total. The molecule has 3 aromatic rings. The summed E-state index contributed by atoms with van der Waals surface area (Å²) < 4.78 is 59.8. The normalized spacial score (nSPS) is 22.7. The Labute approximate surface area is 261 Å². The van der Waals surface area contributed by atoms with Crippen LogP contribution in [0.2, 0.25) is 5.02 Å². The van der Waals surface area contributed by atoms with Gasteiger partial charge < -0.3 is 20.6 Å². The lowest BCUT2D eigenvalue weighted by Crippen LogP contribution is -2.58. The molecule has 0 spiro atoms. The van der Waals surface area contributed by atoms with Gasteiger partial charge in [0.25, 0.3) is 0 Å². The van der Waals surface area contributed by atoms with E-state index >= 15 is 8.78 Å². The van der Waals surface area contributed by atoms with E-state index in [0.717, 1.165) is 38.3 Å². The molecular weight excluding hydrogens is 610 g/mol. The number of allylic oxidation sites excluding steroid dienone is 2. The first-order valence-electron chi connectivity index (χ1n) is 14.6. The molecular formula is C31H37ClF2N6O3S. The molecule has 44 heavy (non-hydrogen) atoms. The third-order valence-electron chi connectivity index (χ3n) is 8.48. The van der Waals surface area contributed by atoms with E-state index in [1.165, 1.54) is 31.2 Å². The lowest BCUT2D eigenvalue weighted by atomic mass is 9.85. The highest BCUT2D eigenvalue weighted by Gasteiger charge is 2.40. The summed E-state index contributed by atoms with van der Waals surface area (Å²) in [5, 5.41) is 17.2. The monoisotopic (exact) mass is 646 g/mol. The van der Waals surface area contributed by atoms with Crippen molar-refractivity contribution in [2.24, 2.45) is 5.92 Å². The van der Waals surface area contributed by atoms with E-state index in [1.807, 2.05) is 0 Å². The van der Waals surface area contributed by atoms with Crippen LogP contribution >= 0.6 is 11.6 Å². The molecule has 1 aromatic heterocycles. The summed E-state index contributed by atoms with van der Waals surface area (Å²) >= 11 is 6.05. The number of aliphatic hydroxyl groups excluding tert-OH is 1. The van der Waals surface area contributed by atoms with Crippen molar-refractivity contribution in [2.75, 3.05) is 26.0 Å². The minimum Gasteiger partial charge on any atom is -0.494 e. The Bertz CT molecular complexity index is 1740. The van der Waals surface area contributed by atoms with Crippen molar-refractivity contribution in [3.63, 3.8) is 0 Å². The zero-order valence-electron chi connectivity index (χ0n) is 25.1. The Balaban J connectivity index is 1.39. The number of sulfonamides is 1. The lowest BCUT2D eigenvalue weighted by Gasteiger charge is -2.34. The van der Waals surface area contributed by atoms with Gasteiger partial charge in [-0.05, 0) is 83.3 Å². The summed E-state index contributed by atoms with van der Waals surface area (Å²) in [5.41, 5.74) is -1.61. The first-order valence-corrected chi connectivity index (χ1v) is 16.5. The molecule has 1 saturated carbocycles. The van der Waals surface area contributed by atoms with Crippen LogP contribution in [-0.4, -0.2) is 60.7 Å². The smallest absolute Gasteiger partial charge is 0.244 e. The van der Waals surface area contributed by atoms with Crippen LogP contribution in [0.5, 0.6) is 0 Å². The van der Waals surface area contributed by atoms with Gasteiger partial charge in [-0.3, -0.25) is 0 Å². The molecule has 236 valence electrons. The second-order valence-corrected chi connectivity index (χ2v) is 13.8. The summed E-state index contributed by atoms with van der Waals surface area (Å²) in [7, 11) is -0.0884. The molecule has 2 aliphatic rings. The molecule has 9 nitrogen and oxygen atoms in total. The highest BCUT2D eigenvalue weighted by atomic mass is 35.5. The number of halogens is 3. The van der Waals surface area contributed by atoms with Crippen molar-refractivity contribution in [2.45, 2.75) is 62.6 Å². The molecule has 1 unspecified atom stereocenters. The number of rotatable bonds is 9. The third-order valence-corrected chi connectivity index (χ3v) is 10.5. The number of aryl methyl sites for hydroxylation is 1. The molecule has 1 atom stereocenters. The predicted octanol–water partition coefficient (Wildman–Crippen LogP) is 5.89. The second kappa shape index (κ2) is 12.6. The number of fused-ring (bicyclic) bond motifs is 1. The Morgan fingerprint density at radius 3 is 2.55 bits per heavy atom. The van der Waals surface area contributed by atoms with E-state index in [0.29, 0.717) is 28.8 Å². The van der Waals surface area contributed by atoms with E-state index in [-0.39, 0.29) is 33.0 Å². The van der Waals surface area contributed by atoms with Crippen LogP contribution in [-0.2, 0) is 16.4 Å². The maximum absolute atomic E-state index is 16.0. The molecule has 0 bridgehead atoms. The van der Waals surface area contributed by atoms with Crippen LogP contribution in [0.15, 0.2) is 59.2 Å². The standard InChI is InChI=1S/C31H37ClF2N6O3S/c1-5-21-27(34)22(14-19-17-36-30(37-28(19)21)35-16-18-10-12-20(13-11-18)40(3)4)23-15-26(33)31(2,38-29(23)41)39-44(42,43)25-9-7-6-8-24(25)32/h6-9,14-15,17-18,20,38-39,41H,5,10-13,16H2,1-4H3,(H,35,36,37). The van der Waals surface area contributed by atoms with Gasteiger partial charge in [0.1, 0.15) is 16.5 Å². The van der Waals surface area contributed by atoms with Gasteiger partial charge in [-0.25, -0.2) is 27.2 Å². The quantitative estimate of drug-likeness (QED) is 0.227. The average Bonchev–Trinajstić information content (AvgIpc) is 2.98. The van der Waals surface area contributed by atoms with Crippen LogP contribution in [0.3, 0.4) is 0 Å². The summed E-state index contributed by atoms with van der Waals surface area (Å²) in [6.07, 6.45) is 7.27. The summed E-state index contributed by atoms with van der Waals surface area (Å²) in [6.45, 7) is 3.71. The predicted molar refractivity (Wildman–Crippen MR) is 169 cm³/mol. The Hall–Kier alpha value is -3.32.